The first-order valence-electron chi connectivity index (χ1n) is 6.95. The third-order valence-electron chi connectivity index (χ3n) is 3.04. The standard InChI is InChI=1S/C15H26N2O2/c1-12(2)7-5-6-9-16-11-13-15(19-4)14(18-3)8-10-17-13/h8,10,12,16H,5-7,9,11H2,1-4H3. The lowest BCUT2D eigenvalue weighted by Crippen LogP contribution is -2.16. The Morgan fingerprint density at radius 2 is 2.00 bits per heavy atom. The normalized spacial score (nSPS) is 10.8. The van der Waals surface area contributed by atoms with Crippen LogP contribution in [0.1, 0.15) is 38.8 Å². The minimum Gasteiger partial charge on any atom is -0.493 e. The smallest absolute Gasteiger partial charge is 0.183 e. The fraction of sp³-hybridized carbons (Fsp3) is 0.667. The molecule has 1 heterocycles. The molecule has 0 aliphatic rings. The number of ether oxygens (including phenoxy) is 2. The monoisotopic (exact) mass is 266 g/mol. The van der Waals surface area contributed by atoms with Crippen LogP contribution in [-0.4, -0.2) is 25.7 Å². The molecule has 0 fully saturated rings. The minimum atomic E-state index is 0.710. The lowest BCUT2D eigenvalue weighted by molar-refractivity contribution is 0.348. The van der Waals surface area contributed by atoms with Gasteiger partial charge in [0.25, 0.3) is 0 Å². The number of hydrogen-bond donors (Lipinski definition) is 1. The first-order chi connectivity index (χ1) is 9.19. The number of rotatable bonds is 9. The molecule has 0 amide bonds. The number of methoxy groups -OCH3 is 2. The second-order valence-electron chi connectivity index (χ2n) is 5.06. The number of aromatic nitrogens is 1. The lowest BCUT2D eigenvalue weighted by atomic mass is 10.1. The van der Waals surface area contributed by atoms with Crippen molar-refractivity contribution in [3.63, 3.8) is 0 Å². The molecule has 108 valence electrons. The van der Waals surface area contributed by atoms with E-state index in [9.17, 15) is 0 Å². The molecule has 0 bridgehead atoms. The zero-order valence-electron chi connectivity index (χ0n) is 12.5. The molecule has 0 radical (unpaired) electrons. The van der Waals surface area contributed by atoms with Crippen molar-refractivity contribution in [1.82, 2.24) is 10.3 Å². The van der Waals surface area contributed by atoms with Gasteiger partial charge < -0.3 is 14.8 Å². The van der Waals surface area contributed by atoms with Gasteiger partial charge in [0.1, 0.15) is 0 Å². The maximum Gasteiger partial charge on any atom is 0.183 e. The van der Waals surface area contributed by atoms with E-state index in [1.807, 2.05) is 6.07 Å². The van der Waals surface area contributed by atoms with Gasteiger partial charge in [-0.3, -0.25) is 4.98 Å². The van der Waals surface area contributed by atoms with Gasteiger partial charge in [-0.25, -0.2) is 0 Å². The van der Waals surface area contributed by atoms with Crippen molar-refractivity contribution < 1.29 is 9.47 Å². The molecule has 0 aliphatic heterocycles. The highest BCUT2D eigenvalue weighted by molar-refractivity contribution is 5.42. The minimum absolute atomic E-state index is 0.710. The van der Waals surface area contributed by atoms with Gasteiger partial charge in [-0.1, -0.05) is 26.7 Å². The predicted molar refractivity (Wildman–Crippen MR) is 77.7 cm³/mol. The summed E-state index contributed by atoms with van der Waals surface area (Å²) in [6.45, 7) is 6.24. The van der Waals surface area contributed by atoms with Crippen LogP contribution in [-0.2, 0) is 6.54 Å². The molecule has 0 atom stereocenters. The Balaban J connectivity index is 2.37. The fourth-order valence-corrected chi connectivity index (χ4v) is 1.99. The van der Waals surface area contributed by atoms with Gasteiger partial charge in [-0.2, -0.15) is 0 Å². The molecule has 1 rings (SSSR count). The molecule has 0 aromatic carbocycles. The highest BCUT2D eigenvalue weighted by Crippen LogP contribution is 2.28. The fourth-order valence-electron chi connectivity index (χ4n) is 1.99. The average molecular weight is 266 g/mol. The molecule has 4 heteroatoms. The number of hydrogen-bond acceptors (Lipinski definition) is 4. The van der Waals surface area contributed by atoms with Crippen LogP contribution in [0, 0.1) is 5.92 Å². The van der Waals surface area contributed by atoms with E-state index in [0.717, 1.165) is 29.7 Å². The van der Waals surface area contributed by atoms with Crippen molar-refractivity contribution in [1.29, 1.82) is 0 Å². The van der Waals surface area contributed by atoms with E-state index in [1.165, 1.54) is 19.3 Å². The topological polar surface area (TPSA) is 43.4 Å². The predicted octanol–water partition coefficient (Wildman–Crippen LogP) is 3.01. The van der Waals surface area contributed by atoms with Crippen LogP contribution in [0.15, 0.2) is 12.3 Å². The summed E-state index contributed by atoms with van der Waals surface area (Å²) in [6.07, 6.45) is 5.51. The molecule has 4 nitrogen and oxygen atoms in total. The van der Waals surface area contributed by atoms with Gasteiger partial charge in [0.05, 0.1) is 19.9 Å². The van der Waals surface area contributed by atoms with Crippen molar-refractivity contribution >= 4 is 0 Å². The SMILES string of the molecule is COc1ccnc(CNCCCCC(C)C)c1OC. The summed E-state index contributed by atoms with van der Waals surface area (Å²) in [5, 5.41) is 3.40. The summed E-state index contributed by atoms with van der Waals surface area (Å²) < 4.78 is 10.6. The maximum absolute atomic E-state index is 5.35. The maximum atomic E-state index is 5.35. The average Bonchev–Trinajstić information content (AvgIpc) is 2.41. The zero-order valence-corrected chi connectivity index (χ0v) is 12.5. The molecule has 1 aromatic rings. The Labute approximate surface area is 116 Å². The molecule has 0 saturated heterocycles. The molecule has 0 spiro atoms. The summed E-state index contributed by atoms with van der Waals surface area (Å²) in [7, 11) is 3.28. The molecular weight excluding hydrogens is 240 g/mol. The molecular formula is C15H26N2O2. The first kappa shape index (κ1) is 15.8. The van der Waals surface area contributed by atoms with Crippen molar-refractivity contribution in [3.05, 3.63) is 18.0 Å². The van der Waals surface area contributed by atoms with Crippen LogP contribution in [0.25, 0.3) is 0 Å². The van der Waals surface area contributed by atoms with Gasteiger partial charge in [-0.15, -0.1) is 0 Å². The van der Waals surface area contributed by atoms with Gasteiger partial charge in [-0.05, 0) is 18.9 Å². The quantitative estimate of drug-likeness (QED) is 0.698. The van der Waals surface area contributed by atoms with Crippen molar-refractivity contribution in [2.45, 2.75) is 39.7 Å². The molecule has 0 unspecified atom stereocenters. The molecule has 0 aliphatic carbocycles. The van der Waals surface area contributed by atoms with Crippen LogP contribution in [0.5, 0.6) is 11.5 Å². The number of nitrogens with zero attached hydrogens (tertiary/aromatic N) is 1. The molecule has 0 saturated carbocycles. The van der Waals surface area contributed by atoms with E-state index in [0.29, 0.717) is 6.54 Å². The molecule has 1 N–H and O–H groups in total. The second-order valence-corrected chi connectivity index (χ2v) is 5.06. The Morgan fingerprint density at radius 1 is 1.21 bits per heavy atom. The van der Waals surface area contributed by atoms with Crippen LogP contribution >= 0.6 is 0 Å². The Kier molecular flexibility index (Phi) is 7.26. The van der Waals surface area contributed by atoms with Crippen LogP contribution < -0.4 is 14.8 Å². The summed E-state index contributed by atoms with van der Waals surface area (Å²) in [4.78, 5) is 4.34. The Bertz CT molecular complexity index is 367. The molecule has 1 aromatic heterocycles. The van der Waals surface area contributed by atoms with Gasteiger partial charge >= 0.3 is 0 Å². The van der Waals surface area contributed by atoms with Gasteiger partial charge in [0.15, 0.2) is 11.5 Å². The van der Waals surface area contributed by atoms with Crippen molar-refractivity contribution in [3.8, 4) is 11.5 Å². The van der Waals surface area contributed by atoms with E-state index in [-0.39, 0.29) is 0 Å². The van der Waals surface area contributed by atoms with Gasteiger partial charge in [0.2, 0.25) is 0 Å². The first-order valence-corrected chi connectivity index (χ1v) is 6.95. The van der Waals surface area contributed by atoms with E-state index in [2.05, 4.69) is 24.1 Å². The zero-order chi connectivity index (χ0) is 14.1. The molecule has 19 heavy (non-hydrogen) atoms. The van der Waals surface area contributed by atoms with E-state index < -0.39 is 0 Å². The van der Waals surface area contributed by atoms with Crippen LogP contribution in [0.3, 0.4) is 0 Å². The van der Waals surface area contributed by atoms with E-state index >= 15 is 0 Å². The van der Waals surface area contributed by atoms with E-state index in [4.69, 9.17) is 9.47 Å². The second kappa shape index (κ2) is 8.75. The van der Waals surface area contributed by atoms with Crippen molar-refractivity contribution in [2.75, 3.05) is 20.8 Å². The highest BCUT2D eigenvalue weighted by Gasteiger charge is 2.10. The number of nitrogens with one attached hydrogen (secondary N) is 1. The third kappa shape index (κ3) is 5.47. The number of pyridine rings is 1. The number of unbranched alkanes of at least 4 members (excludes halogenated alkanes) is 1. The van der Waals surface area contributed by atoms with Gasteiger partial charge in [0, 0.05) is 18.8 Å². The lowest BCUT2D eigenvalue weighted by Gasteiger charge is -2.12. The Hall–Kier alpha value is -1.29. The van der Waals surface area contributed by atoms with Crippen LogP contribution in [0.2, 0.25) is 0 Å². The Morgan fingerprint density at radius 3 is 2.63 bits per heavy atom. The summed E-state index contributed by atoms with van der Waals surface area (Å²) in [5.74, 6) is 2.24. The largest absolute Gasteiger partial charge is 0.493 e. The third-order valence-corrected chi connectivity index (χ3v) is 3.04. The summed E-state index contributed by atoms with van der Waals surface area (Å²) >= 11 is 0. The highest BCUT2D eigenvalue weighted by atomic mass is 16.5. The summed E-state index contributed by atoms with van der Waals surface area (Å²) in [6, 6.07) is 1.81. The van der Waals surface area contributed by atoms with E-state index in [1.54, 1.807) is 20.4 Å². The van der Waals surface area contributed by atoms with Crippen molar-refractivity contribution in [2.24, 2.45) is 5.92 Å². The summed E-state index contributed by atoms with van der Waals surface area (Å²) in [5.41, 5.74) is 0.894. The van der Waals surface area contributed by atoms with Crippen LogP contribution in [0.4, 0.5) is 0 Å².